The Morgan fingerprint density at radius 1 is 1.00 bits per heavy atom. The molecule has 0 saturated carbocycles. The first kappa shape index (κ1) is 21.5. The van der Waals surface area contributed by atoms with Crippen LogP contribution in [-0.4, -0.2) is 44.2 Å². The minimum absolute atomic E-state index is 0.0281. The Balaban J connectivity index is 1.77. The molecular formula is C19H20N2O8. The van der Waals surface area contributed by atoms with Gasteiger partial charge in [-0.15, -0.1) is 0 Å². The number of nitro groups is 1. The maximum Gasteiger partial charge on any atom is 0.309 e. The minimum Gasteiger partial charge on any atom is -0.497 e. The predicted molar refractivity (Wildman–Crippen MR) is 102 cm³/mol. The van der Waals surface area contributed by atoms with Gasteiger partial charge in [0.1, 0.15) is 22.9 Å². The third-order valence-corrected chi connectivity index (χ3v) is 3.67. The second-order valence-electron chi connectivity index (χ2n) is 5.62. The van der Waals surface area contributed by atoms with Crippen molar-refractivity contribution in [1.29, 1.82) is 0 Å². The highest BCUT2D eigenvalue weighted by Gasteiger charge is 2.18. The molecule has 0 bridgehead atoms. The van der Waals surface area contributed by atoms with Gasteiger partial charge in [0.05, 0.1) is 38.2 Å². The zero-order valence-corrected chi connectivity index (χ0v) is 15.9. The first-order valence-corrected chi connectivity index (χ1v) is 8.47. The number of anilines is 1. The molecule has 0 spiro atoms. The highest BCUT2D eigenvalue weighted by molar-refractivity contribution is 5.95. The van der Waals surface area contributed by atoms with Crippen LogP contribution >= 0.6 is 0 Å². The lowest BCUT2D eigenvalue weighted by atomic mass is 10.2. The fraction of sp³-hybridized carbons (Fsp3) is 0.263. The number of hydrogen-bond acceptors (Lipinski definition) is 8. The number of methoxy groups -OCH3 is 2. The molecule has 0 aromatic heterocycles. The lowest BCUT2D eigenvalue weighted by Gasteiger charge is -2.09. The molecule has 0 aliphatic carbocycles. The van der Waals surface area contributed by atoms with E-state index in [4.69, 9.17) is 18.9 Å². The Bertz CT molecular complexity index is 867. The standard InChI is InChI=1S/C19H20N2O8/c1-26-13-3-5-14(6-4-13)28-10-9-19(23)29-12-18(22)20-16-8-7-15(27-2)11-17(16)21(24)25/h3-8,11H,9-10,12H2,1-2H3,(H,20,22). The van der Waals surface area contributed by atoms with Crippen LogP contribution in [0.1, 0.15) is 6.42 Å². The van der Waals surface area contributed by atoms with Crippen LogP contribution in [0.5, 0.6) is 17.2 Å². The number of amides is 1. The first-order valence-electron chi connectivity index (χ1n) is 8.47. The quantitative estimate of drug-likeness (QED) is 0.364. The van der Waals surface area contributed by atoms with Gasteiger partial charge in [-0.2, -0.15) is 0 Å². The lowest BCUT2D eigenvalue weighted by molar-refractivity contribution is -0.384. The normalized spacial score (nSPS) is 10.0. The van der Waals surface area contributed by atoms with Crippen LogP contribution in [0.15, 0.2) is 42.5 Å². The van der Waals surface area contributed by atoms with Crippen molar-refractivity contribution in [3.8, 4) is 17.2 Å². The number of rotatable bonds is 10. The molecule has 2 rings (SSSR count). The predicted octanol–water partition coefficient (Wildman–Crippen LogP) is 2.56. The monoisotopic (exact) mass is 404 g/mol. The van der Waals surface area contributed by atoms with Gasteiger partial charge in [-0.3, -0.25) is 19.7 Å². The van der Waals surface area contributed by atoms with E-state index in [0.717, 1.165) is 0 Å². The Hall–Kier alpha value is -3.82. The summed E-state index contributed by atoms with van der Waals surface area (Å²) in [6.45, 7) is -0.513. The molecule has 154 valence electrons. The van der Waals surface area contributed by atoms with Crippen LogP contribution in [0.2, 0.25) is 0 Å². The second-order valence-corrected chi connectivity index (χ2v) is 5.62. The van der Waals surface area contributed by atoms with Gasteiger partial charge in [-0.1, -0.05) is 0 Å². The largest absolute Gasteiger partial charge is 0.497 e. The lowest BCUT2D eigenvalue weighted by Crippen LogP contribution is -2.22. The Morgan fingerprint density at radius 3 is 2.24 bits per heavy atom. The van der Waals surface area contributed by atoms with E-state index in [2.05, 4.69) is 5.32 Å². The molecule has 1 amide bonds. The van der Waals surface area contributed by atoms with Crippen LogP contribution < -0.4 is 19.5 Å². The Kier molecular flexibility index (Phi) is 7.78. The SMILES string of the molecule is COc1ccc(OCCC(=O)OCC(=O)Nc2ccc(OC)cc2[N+](=O)[O-])cc1. The van der Waals surface area contributed by atoms with Crippen LogP contribution in [0.3, 0.4) is 0 Å². The Morgan fingerprint density at radius 2 is 1.62 bits per heavy atom. The Labute approximate surface area is 166 Å². The van der Waals surface area contributed by atoms with E-state index in [-0.39, 0.29) is 30.2 Å². The van der Waals surface area contributed by atoms with Crippen LogP contribution in [0.4, 0.5) is 11.4 Å². The van der Waals surface area contributed by atoms with Crippen LogP contribution in [-0.2, 0) is 14.3 Å². The average molecular weight is 404 g/mol. The number of nitrogens with zero attached hydrogens (tertiary/aromatic N) is 1. The molecule has 2 aromatic rings. The van der Waals surface area contributed by atoms with Gasteiger partial charge in [-0.05, 0) is 36.4 Å². The molecular weight excluding hydrogens is 384 g/mol. The van der Waals surface area contributed by atoms with E-state index in [0.29, 0.717) is 11.5 Å². The van der Waals surface area contributed by atoms with Gasteiger partial charge in [0, 0.05) is 0 Å². The van der Waals surface area contributed by atoms with Gasteiger partial charge in [-0.25, -0.2) is 0 Å². The number of benzene rings is 2. The molecule has 0 saturated heterocycles. The van der Waals surface area contributed by atoms with Crippen LogP contribution in [0, 0.1) is 10.1 Å². The summed E-state index contributed by atoms with van der Waals surface area (Å²) in [6, 6.07) is 10.8. The molecule has 0 aliphatic heterocycles. The van der Waals surface area contributed by atoms with E-state index in [1.807, 2.05) is 0 Å². The summed E-state index contributed by atoms with van der Waals surface area (Å²) in [5.41, 5.74) is -0.364. The van der Waals surface area contributed by atoms with Crippen molar-refractivity contribution >= 4 is 23.3 Å². The number of esters is 1. The zero-order chi connectivity index (χ0) is 21.2. The van der Waals surface area contributed by atoms with E-state index < -0.39 is 23.4 Å². The molecule has 1 N–H and O–H groups in total. The van der Waals surface area contributed by atoms with Crippen molar-refractivity contribution in [2.45, 2.75) is 6.42 Å². The van der Waals surface area contributed by atoms with Crippen molar-refractivity contribution in [2.75, 3.05) is 32.8 Å². The van der Waals surface area contributed by atoms with Gasteiger partial charge in [0.25, 0.3) is 11.6 Å². The summed E-state index contributed by atoms with van der Waals surface area (Å²) in [7, 11) is 2.92. The molecule has 0 atom stereocenters. The molecule has 0 heterocycles. The summed E-state index contributed by atoms with van der Waals surface area (Å²) in [4.78, 5) is 34.1. The summed E-state index contributed by atoms with van der Waals surface area (Å²) in [6.07, 6.45) is -0.0675. The summed E-state index contributed by atoms with van der Waals surface area (Å²) in [5, 5.41) is 13.4. The molecule has 0 unspecified atom stereocenters. The molecule has 0 radical (unpaired) electrons. The number of carbonyl (C=O) groups excluding carboxylic acids is 2. The molecule has 10 nitrogen and oxygen atoms in total. The number of hydrogen-bond donors (Lipinski definition) is 1. The zero-order valence-electron chi connectivity index (χ0n) is 15.9. The van der Waals surface area contributed by atoms with Crippen molar-refractivity contribution in [2.24, 2.45) is 0 Å². The summed E-state index contributed by atoms with van der Waals surface area (Å²) < 4.78 is 20.2. The fourth-order valence-electron chi connectivity index (χ4n) is 2.22. The number of nitro benzene ring substituents is 1. The van der Waals surface area contributed by atoms with E-state index >= 15 is 0 Å². The van der Waals surface area contributed by atoms with Gasteiger partial charge in [0.15, 0.2) is 6.61 Å². The molecule has 0 aliphatic rings. The topological polar surface area (TPSA) is 126 Å². The maximum absolute atomic E-state index is 11.9. The second kappa shape index (κ2) is 10.5. The smallest absolute Gasteiger partial charge is 0.309 e. The summed E-state index contributed by atoms with van der Waals surface area (Å²) >= 11 is 0. The molecule has 2 aromatic carbocycles. The first-order chi connectivity index (χ1) is 13.9. The molecule has 29 heavy (non-hydrogen) atoms. The van der Waals surface area contributed by atoms with Crippen molar-refractivity contribution in [3.05, 3.63) is 52.6 Å². The summed E-state index contributed by atoms with van der Waals surface area (Å²) in [5.74, 6) is 0.168. The number of carbonyl (C=O) groups is 2. The van der Waals surface area contributed by atoms with E-state index in [1.54, 1.807) is 31.4 Å². The van der Waals surface area contributed by atoms with E-state index in [1.165, 1.54) is 25.3 Å². The van der Waals surface area contributed by atoms with Crippen LogP contribution in [0.25, 0.3) is 0 Å². The minimum atomic E-state index is -0.706. The number of nitrogens with one attached hydrogen (secondary N) is 1. The maximum atomic E-state index is 11.9. The van der Waals surface area contributed by atoms with Gasteiger partial charge in [0.2, 0.25) is 0 Å². The average Bonchev–Trinajstić information content (AvgIpc) is 2.73. The highest BCUT2D eigenvalue weighted by Crippen LogP contribution is 2.28. The fourth-order valence-corrected chi connectivity index (χ4v) is 2.22. The van der Waals surface area contributed by atoms with Crippen molar-refractivity contribution < 1.29 is 33.5 Å². The third-order valence-electron chi connectivity index (χ3n) is 3.67. The van der Waals surface area contributed by atoms with Gasteiger partial charge >= 0.3 is 5.97 Å². The highest BCUT2D eigenvalue weighted by atomic mass is 16.6. The van der Waals surface area contributed by atoms with Crippen molar-refractivity contribution in [3.63, 3.8) is 0 Å². The van der Waals surface area contributed by atoms with E-state index in [9.17, 15) is 19.7 Å². The van der Waals surface area contributed by atoms with Gasteiger partial charge < -0.3 is 24.3 Å². The molecule has 10 heteroatoms. The molecule has 0 fully saturated rings. The number of ether oxygens (including phenoxy) is 4. The van der Waals surface area contributed by atoms with Crippen molar-refractivity contribution in [1.82, 2.24) is 0 Å². The third kappa shape index (κ3) is 6.69.